The van der Waals surface area contributed by atoms with Crippen LogP contribution in [0.15, 0.2) is 18.7 Å². The van der Waals surface area contributed by atoms with Crippen LogP contribution in [0, 0.1) is 0 Å². The molecule has 1 atom stereocenters. The molecule has 0 spiro atoms. The second kappa shape index (κ2) is 5.95. The fraction of sp³-hybridized carbons (Fsp3) is 0.455. The molecule has 0 amide bonds. The SMILES string of the molecule is C=CCC(C)Nc1nc(OC)cc(OC)n1. The zero-order valence-electron chi connectivity index (χ0n) is 9.86. The zero-order chi connectivity index (χ0) is 12.0. The van der Waals surface area contributed by atoms with Crippen LogP contribution < -0.4 is 14.8 Å². The van der Waals surface area contributed by atoms with Crippen molar-refractivity contribution in [3.05, 3.63) is 18.7 Å². The van der Waals surface area contributed by atoms with Gasteiger partial charge in [0.05, 0.1) is 20.3 Å². The van der Waals surface area contributed by atoms with Gasteiger partial charge in [-0.15, -0.1) is 6.58 Å². The van der Waals surface area contributed by atoms with Crippen molar-refractivity contribution >= 4 is 5.95 Å². The Bertz CT molecular complexity index is 333. The van der Waals surface area contributed by atoms with E-state index in [0.717, 1.165) is 6.42 Å². The minimum Gasteiger partial charge on any atom is -0.481 e. The van der Waals surface area contributed by atoms with Gasteiger partial charge in [0.15, 0.2) is 0 Å². The van der Waals surface area contributed by atoms with Gasteiger partial charge >= 0.3 is 0 Å². The molecule has 5 nitrogen and oxygen atoms in total. The first-order valence-electron chi connectivity index (χ1n) is 5.04. The Labute approximate surface area is 95.5 Å². The molecule has 1 N–H and O–H groups in total. The standard InChI is InChI=1S/C11H17N3O2/c1-5-6-8(2)12-11-13-9(15-3)7-10(14-11)16-4/h5,7-8H,1,6H2,2-4H3,(H,12,13,14). The Kier molecular flexibility index (Phi) is 4.57. The molecule has 1 aromatic heterocycles. The minimum atomic E-state index is 0.217. The van der Waals surface area contributed by atoms with Crippen molar-refractivity contribution in [2.75, 3.05) is 19.5 Å². The predicted molar refractivity (Wildman–Crippen MR) is 63.0 cm³/mol. The molecule has 0 aromatic carbocycles. The van der Waals surface area contributed by atoms with Crippen LogP contribution in [-0.4, -0.2) is 30.2 Å². The van der Waals surface area contributed by atoms with Crippen LogP contribution in [0.5, 0.6) is 11.8 Å². The maximum absolute atomic E-state index is 5.05. The van der Waals surface area contributed by atoms with E-state index < -0.39 is 0 Å². The summed E-state index contributed by atoms with van der Waals surface area (Å²) in [5, 5.41) is 3.14. The van der Waals surface area contributed by atoms with Gasteiger partial charge in [-0.1, -0.05) is 6.08 Å². The highest BCUT2D eigenvalue weighted by atomic mass is 16.5. The summed E-state index contributed by atoms with van der Waals surface area (Å²) in [6, 6.07) is 1.85. The highest BCUT2D eigenvalue weighted by Gasteiger charge is 2.07. The van der Waals surface area contributed by atoms with Crippen molar-refractivity contribution < 1.29 is 9.47 Å². The molecular weight excluding hydrogens is 206 g/mol. The first kappa shape index (κ1) is 12.3. The molecule has 0 aliphatic rings. The Balaban J connectivity index is 2.81. The first-order valence-corrected chi connectivity index (χ1v) is 5.04. The van der Waals surface area contributed by atoms with Crippen molar-refractivity contribution in [2.24, 2.45) is 0 Å². The zero-order valence-corrected chi connectivity index (χ0v) is 9.86. The van der Waals surface area contributed by atoms with E-state index in [2.05, 4.69) is 21.9 Å². The summed E-state index contributed by atoms with van der Waals surface area (Å²) in [5.74, 6) is 1.44. The fourth-order valence-corrected chi connectivity index (χ4v) is 1.21. The van der Waals surface area contributed by atoms with E-state index in [0.29, 0.717) is 17.7 Å². The molecule has 16 heavy (non-hydrogen) atoms. The summed E-state index contributed by atoms with van der Waals surface area (Å²) < 4.78 is 10.1. The van der Waals surface area contributed by atoms with Gasteiger partial charge in [0, 0.05) is 6.04 Å². The van der Waals surface area contributed by atoms with E-state index in [1.807, 2.05) is 13.0 Å². The molecule has 0 saturated heterocycles. The van der Waals surface area contributed by atoms with Crippen LogP contribution in [-0.2, 0) is 0 Å². The van der Waals surface area contributed by atoms with Crippen molar-refractivity contribution in [3.8, 4) is 11.8 Å². The number of nitrogens with one attached hydrogen (secondary N) is 1. The lowest BCUT2D eigenvalue weighted by atomic mass is 10.2. The van der Waals surface area contributed by atoms with Crippen LogP contribution in [0.2, 0.25) is 0 Å². The van der Waals surface area contributed by atoms with Crippen molar-refractivity contribution in [3.63, 3.8) is 0 Å². The molecule has 1 aromatic rings. The maximum Gasteiger partial charge on any atom is 0.229 e. The number of nitrogens with zero attached hydrogens (tertiary/aromatic N) is 2. The third-order valence-electron chi connectivity index (χ3n) is 1.99. The maximum atomic E-state index is 5.05. The monoisotopic (exact) mass is 223 g/mol. The third-order valence-corrected chi connectivity index (χ3v) is 1.99. The number of hydrogen-bond acceptors (Lipinski definition) is 5. The van der Waals surface area contributed by atoms with Crippen molar-refractivity contribution in [1.29, 1.82) is 0 Å². The number of anilines is 1. The number of rotatable bonds is 6. The van der Waals surface area contributed by atoms with Crippen LogP contribution >= 0.6 is 0 Å². The topological polar surface area (TPSA) is 56.3 Å². The van der Waals surface area contributed by atoms with E-state index >= 15 is 0 Å². The summed E-state index contributed by atoms with van der Waals surface area (Å²) in [6.45, 7) is 5.70. The third kappa shape index (κ3) is 3.42. The molecule has 0 bridgehead atoms. The lowest BCUT2D eigenvalue weighted by Crippen LogP contribution is -2.16. The van der Waals surface area contributed by atoms with Crippen LogP contribution in [0.25, 0.3) is 0 Å². The summed E-state index contributed by atoms with van der Waals surface area (Å²) in [5.41, 5.74) is 0. The number of aromatic nitrogens is 2. The van der Waals surface area contributed by atoms with Gasteiger partial charge in [0.25, 0.3) is 0 Å². The molecule has 5 heteroatoms. The molecule has 1 heterocycles. The molecule has 0 fully saturated rings. The van der Waals surface area contributed by atoms with Gasteiger partial charge in [-0.25, -0.2) is 0 Å². The number of ether oxygens (including phenoxy) is 2. The molecule has 1 rings (SSSR count). The molecule has 0 saturated carbocycles. The second-order valence-corrected chi connectivity index (χ2v) is 3.35. The van der Waals surface area contributed by atoms with Gasteiger partial charge in [-0.3, -0.25) is 0 Å². The van der Waals surface area contributed by atoms with Gasteiger partial charge in [0.1, 0.15) is 0 Å². The Morgan fingerprint density at radius 1 is 1.38 bits per heavy atom. The van der Waals surface area contributed by atoms with Crippen molar-refractivity contribution in [2.45, 2.75) is 19.4 Å². The minimum absolute atomic E-state index is 0.217. The van der Waals surface area contributed by atoms with Crippen LogP contribution in [0.1, 0.15) is 13.3 Å². The van der Waals surface area contributed by atoms with E-state index in [1.54, 1.807) is 20.3 Å². The highest BCUT2D eigenvalue weighted by Crippen LogP contribution is 2.17. The van der Waals surface area contributed by atoms with Gasteiger partial charge in [-0.2, -0.15) is 9.97 Å². The molecule has 0 aliphatic heterocycles. The molecule has 1 unspecified atom stereocenters. The van der Waals surface area contributed by atoms with E-state index in [9.17, 15) is 0 Å². The highest BCUT2D eigenvalue weighted by molar-refractivity contribution is 5.34. The quantitative estimate of drug-likeness (QED) is 0.746. The predicted octanol–water partition coefficient (Wildman–Crippen LogP) is 1.87. The average molecular weight is 223 g/mol. The fourth-order valence-electron chi connectivity index (χ4n) is 1.21. The van der Waals surface area contributed by atoms with E-state index in [1.165, 1.54) is 0 Å². The number of methoxy groups -OCH3 is 2. The van der Waals surface area contributed by atoms with Crippen LogP contribution in [0.3, 0.4) is 0 Å². The van der Waals surface area contributed by atoms with Gasteiger partial charge in [-0.05, 0) is 13.3 Å². The van der Waals surface area contributed by atoms with E-state index in [4.69, 9.17) is 9.47 Å². The summed E-state index contributed by atoms with van der Waals surface area (Å²) in [6.07, 6.45) is 2.68. The summed E-state index contributed by atoms with van der Waals surface area (Å²) in [7, 11) is 3.11. The first-order chi connectivity index (χ1) is 7.69. The van der Waals surface area contributed by atoms with Crippen molar-refractivity contribution in [1.82, 2.24) is 9.97 Å². The summed E-state index contributed by atoms with van der Waals surface area (Å²) in [4.78, 5) is 8.33. The second-order valence-electron chi connectivity index (χ2n) is 3.35. The van der Waals surface area contributed by atoms with Crippen LogP contribution in [0.4, 0.5) is 5.95 Å². The van der Waals surface area contributed by atoms with Gasteiger partial charge < -0.3 is 14.8 Å². The van der Waals surface area contributed by atoms with Gasteiger partial charge in [0.2, 0.25) is 17.7 Å². The molecule has 0 radical (unpaired) electrons. The van der Waals surface area contributed by atoms with E-state index in [-0.39, 0.29) is 6.04 Å². The number of hydrogen-bond donors (Lipinski definition) is 1. The Morgan fingerprint density at radius 2 is 1.94 bits per heavy atom. The Morgan fingerprint density at radius 3 is 2.38 bits per heavy atom. The lowest BCUT2D eigenvalue weighted by molar-refractivity contribution is 0.372. The molecule has 88 valence electrons. The normalized spacial score (nSPS) is 11.7. The molecular formula is C11H17N3O2. The molecule has 0 aliphatic carbocycles. The average Bonchev–Trinajstić information content (AvgIpc) is 2.28. The largest absolute Gasteiger partial charge is 0.481 e. The smallest absolute Gasteiger partial charge is 0.229 e. The Hall–Kier alpha value is -1.78. The lowest BCUT2D eigenvalue weighted by Gasteiger charge is -2.12. The summed E-state index contributed by atoms with van der Waals surface area (Å²) >= 11 is 0.